The Balaban J connectivity index is 1.22. The van der Waals surface area contributed by atoms with Gasteiger partial charge >= 0.3 is 0 Å². The lowest BCUT2D eigenvalue weighted by Gasteiger charge is -2.37. The third-order valence-corrected chi connectivity index (χ3v) is 8.46. The molecule has 7 heteroatoms. The summed E-state index contributed by atoms with van der Waals surface area (Å²) in [5, 5.41) is 3.30. The molecule has 2 bridgehead atoms. The van der Waals surface area contributed by atoms with Crippen molar-refractivity contribution >= 4 is 56.6 Å². The van der Waals surface area contributed by atoms with Crippen LogP contribution in [0.25, 0.3) is 0 Å². The van der Waals surface area contributed by atoms with Crippen LogP contribution in [0.5, 0.6) is 0 Å². The first kappa shape index (κ1) is 19.3. The third-order valence-electron chi connectivity index (χ3n) is 7.23. The summed E-state index contributed by atoms with van der Waals surface area (Å²) < 4.78 is 0.748. The molecule has 4 aliphatic carbocycles. The number of nitrogens with zero attached hydrogens (tertiary/aromatic N) is 1. The van der Waals surface area contributed by atoms with Crippen LogP contribution in [0.1, 0.15) is 16.8 Å². The number of imide groups is 1. The number of rotatable bonds is 3. The van der Waals surface area contributed by atoms with Crippen LogP contribution in [0.4, 0.5) is 11.4 Å². The van der Waals surface area contributed by atoms with E-state index in [0.717, 1.165) is 10.9 Å². The number of hydrogen-bond acceptors (Lipinski definition) is 3. The van der Waals surface area contributed by atoms with E-state index in [-0.39, 0.29) is 41.4 Å². The molecule has 1 heterocycles. The maximum atomic E-state index is 13.2. The molecule has 5 aliphatic rings. The predicted octanol–water partition coefficient (Wildman–Crippen LogP) is 4.91. The summed E-state index contributed by atoms with van der Waals surface area (Å²) in [6.45, 7) is 0. The van der Waals surface area contributed by atoms with Crippen LogP contribution in [-0.4, -0.2) is 17.7 Å². The zero-order chi connectivity index (χ0) is 21.4. The Morgan fingerprint density at radius 1 is 0.968 bits per heavy atom. The first-order chi connectivity index (χ1) is 14.9. The highest BCUT2D eigenvalue weighted by molar-refractivity contribution is 9.10. The van der Waals surface area contributed by atoms with Gasteiger partial charge in [-0.1, -0.05) is 23.8 Å². The van der Waals surface area contributed by atoms with Gasteiger partial charge in [0.25, 0.3) is 5.91 Å². The summed E-state index contributed by atoms with van der Waals surface area (Å²) in [5.74, 6) is 0.612. The normalized spacial score (nSPS) is 32.1. The minimum atomic E-state index is -0.292. The molecule has 156 valence electrons. The second-order valence-electron chi connectivity index (χ2n) is 8.80. The van der Waals surface area contributed by atoms with Gasteiger partial charge in [-0.3, -0.25) is 19.3 Å². The van der Waals surface area contributed by atoms with E-state index in [9.17, 15) is 14.4 Å². The lowest BCUT2D eigenvalue weighted by molar-refractivity contribution is -0.124. The van der Waals surface area contributed by atoms with Gasteiger partial charge in [0.15, 0.2) is 0 Å². The first-order valence-electron chi connectivity index (χ1n) is 10.4. The van der Waals surface area contributed by atoms with E-state index in [4.69, 9.17) is 11.6 Å². The Hall–Kier alpha value is -2.44. The molecule has 3 fully saturated rings. The summed E-state index contributed by atoms with van der Waals surface area (Å²) in [5.41, 5.74) is 1.54. The monoisotopic (exact) mass is 496 g/mol. The molecule has 2 saturated carbocycles. The standard InChI is InChI=1S/C24H18BrClN2O3/c25-18-8-3-12(9-19(18)26)27-22(29)11-1-4-13(5-2-11)28-23(30)20-14-6-7-15(17-10-16(14)17)21(20)24(28)31/h1-9,14-17,20-21H,10H2,(H,27,29)/t14-,15-,16-,17-,20-,21+/m1/s1. The quantitative estimate of drug-likeness (QED) is 0.484. The second-order valence-corrected chi connectivity index (χ2v) is 10.1. The van der Waals surface area contributed by atoms with Crippen LogP contribution in [0.15, 0.2) is 59.1 Å². The van der Waals surface area contributed by atoms with Crippen LogP contribution in [0.2, 0.25) is 5.02 Å². The van der Waals surface area contributed by atoms with E-state index >= 15 is 0 Å². The molecule has 1 N–H and O–H groups in total. The van der Waals surface area contributed by atoms with Crippen molar-refractivity contribution in [2.75, 3.05) is 10.2 Å². The van der Waals surface area contributed by atoms with E-state index in [0.29, 0.717) is 33.8 Å². The van der Waals surface area contributed by atoms with Gasteiger partial charge in [-0.2, -0.15) is 0 Å². The number of halogens is 2. The van der Waals surface area contributed by atoms with Crippen molar-refractivity contribution in [1.29, 1.82) is 0 Å². The van der Waals surface area contributed by atoms with Gasteiger partial charge in [0.2, 0.25) is 11.8 Å². The molecule has 7 rings (SSSR count). The average molecular weight is 498 g/mol. The summed E-state index contributed by atoms with van der Waals surface area (Å²) in [6.07, 6.45) is 5.47. The number of benzene rings is 2. The molecule has 5 nitrogen and oxygen atoms in total. The van der Waals surface area contributed by atoms with E-state index in [1.54, 1.807) is 42.5 Å². The molecule has 0 spiro atoms. The zero-order valence-electron chi connectivity index (χ0n) is 16.3. The largest absolute Gasteiger partial charge is 0.322 e. The fourth-order valence-corrected chi connectivity index (χ4v) is 6.18. The molecule has 1 aliphatic heterocycles. The lowest BCUT2D eigenvalue weighted by atomic mass is 9.63. The van der Waals surface area contributed by atoms with Crippen molar-refractivity contribution in [1.82, 2.24) is 0 Å². The molecule has 3 amide bonds. The van der Waals surface area contributed by atoms with Crippen molar-refractivity contribution in [3.63, 3.8) is 0 Å². The summed E-state index contributed by atoms with van der Waals surface area (Å²) in [7, 11) is 0. The molecule has 0 radical (unpaired) electrons. The van der Waals surface area contributed by atoms with Crippen molar-refractivity contribution in [3.05, 3.63) is 69.7 Å². The number of carbonyl (C=O) groups is 3. The van der Waals surface area contributed by atoms with E-state index in [2.05, 4.69) is 33.4 Å². The SMILES string of the molecule is O=C(Nc1ccc(Br)c(Cl)c1)c1ccc(N2C(=O)[C@@H]3[C@@H]4C=C[C@H]([C@H]5C[C@H]45)[C@@H]3C2=O)cc1. The third kappa shape index (κ3) is 2.84. The average Bonchev–Trinajstić information content (AvgIpc) is 3.54. The molecule has 2 aromatic rings. The summed E-state index contributed by atoms with van der Waals surface area (Å²) in [6, 6.07) is 11.8. The van der Waals surface area contributed by atoms with Crippen molar-refractivity contribution < 1.29 is 14.4 Å². The maximum absolute atomic E-state index is 13.2. The Kier molecular flexibility index (Phi) is 4.21. The smallest absolute Gasteiger partial charge is 0.255 e. The van der Waals surface area contributed by atoms with E-state index < -0.39 is 0 Å². The van der Waals surface area contributed by atoms with Gasteiger partial charge in [0, 0.05) is 15.7 Å². The molecule has 0 aromatic heterocycles. The van der Waals surface area contributed by atoms with Crippen LogP contribution in [0.3, 0.4) is 0 Å². The zero-order valence-corrected chi connectivity index (χ0v) is 18.6. The highest BCUT2D eigenvalue weighted by Crippen LogP contribution is 2.65. The van der Waals surface area contributed by atoms with Crippen LogP contribution < -0.4 is 10.2 Å². The minimum absolute atomic E-state index is 0.0959. The fraction of sp³-hybridized carbons (Fsp3) is 0.292. The van der Waals surface area contributed by atoms with Gasteiger partial charge in [0.1, 0.15) is 0 Å². The second kappa shape index (κ2) is 6.78. The number of anilines is 2. The van der Waals surface area contributed by atoms with Gasteiger partial charge < -0.3 is 5.32 Å². The Bertz CT molecular complexity index is 1140. The molecular weight excluding hydrogens is 480 g/mol. The summed E-state index contributed by atoms with van der Waals surface area (Å²) >= 11 is 9.40. The van der Waals surface area contributed by atoms with Gasteiger partial charge in [-0.15, -0.1) is 0 Å². The van der Waals surface area contributed by atoms with Crippen LogP contribution >= 0.6 is 27.5 Å². The highest BCUT2D eigenvalue weighted by atomic mass is 79.9. The molecule has 1 saturated heterocycles. The van der Waals surface area contributed by atoms with E-state index in [1.807, 2.05) is 0 Å². The van der Waals surface area contributed by atoms with Crippen molar-refractivity contribution in [2.45, 2.75) is 6.42 Å². The maximum Gasteiger partial charge on any atom is 0.255 e. The number of hydrogen-bond donors (Lipinski definition) is 1. The minimum Gasteiger partial charge on any atom is -0.322 e. The number of allylic oxidation sites excluding steroid dienone is 2. The Morgan fingerprint density at radius 2 is 1.58 bits per heavy atom. The predicted molar refractivity (Wildman–Crippen MR) is 121 cm³/mol. The van der Waals surface area contributed by atoms with Gasteiger partial charge in [0.05, 0.1) is 22.5 Å². The van der Waals surface area contributed by atoms with Gasteiger partial charge in [-0.05, 0) is 88.5 Å². The number of amides is 3. The summed E-state index contributed by atoms with van der Waals surface area (Å²) in [4.78, 5) is 40.3. The Morgan fingerprint density at radius 3 is 2.16 bits per heavy atom. The van der Waals surface area contributed by atoms with Crippen molar-refractivity contribution in [2.24, 2.45) is 35.5 Å². The van der Waals surface area contributed by atoms with E-state index in [1.165, 1.54) is 4.90 Å². The Labute approximate surface area is 192 Å². The van der Waals surface area contributed by atoms with Crippen molar-refractivity contribution in [3.8, 4) is 0 Å². The molecule has 31 heavy (non-hydrogen) atoms. The van der Waals surface area contributed by atoms with Crippen LogP contribution in [-0.2, 0) is 9.59 Å². The lowest BCUT2D eigenvalue weighted by Crippen LogP contribution is -2.40. The van der Waals surface area contributed by atoms with Gasteiger partial charge in [-0.25, -0.2) is 0 Å². The highest BCUT2D eigenvalue weighted by Gasteiger charge is 2.67. The number of nitrogens with one attached hydrogen (secondary N) is 1. The number of carbonyl (C=O) groups excluding carboxylic acids is 3. The van der Waals surface area contributed by atoms with Crippen LogP contribution in [0, 0.1) is 35.5 Å². The molecule has 0 unspecified atom stereocenters. The molecule has 6 atom stereocenters. The molecule has 2 aromatic carbocycles. The fourth-order valence-electron chi connectivity index (χ4n) is 5.75. The molecular formula is C24H18BrClN2O3. The first-order valence-corrected chi connectivity index (χ1v) is 11.5. The topological polar surface area (TPSA) is 66.5 Å².